The van der Waals surface area contributed by atoms with Gasteiger partial charge in [0.15, 0.2) is 0 Å². The highest BCUT2D eigenvalue weighted by Crippen LogP contribution is 2.26. The molecule has 1 aliphatic rings. The monoisotopic (exact) mass is 321 g/mol. The third kappa shape index (κ3) is 3.84. The maximum absolute atomic E-state index is 9.35. The summed E-state index contributed by atoms with van der Waals surface area (Å²) in [4.78, 5) is 4.44. The van der Waals surface area contributed by atoms with E-state index in [4.69, 9.17) is 5.73 Å². The van der Waals surface area contributed by atoms with Crippen molar-refractivity contribution in [2.75, 3.05) is 10.6 Å². The maximum Gasteiger partial charge on any atom is 0.130 e. The Morgan fingerprint density at radius 1 is 1.21 bits per heavy atom. The average molecular weight is 321 g/mol. The lowest BCUT2D eigenvalue weighted by Crippen LogP contribution is -2.42. The van der Waals surface area contributed by atoms with Crippen LogP contribution >= 0.6 is 0 Å². The number of hydrogen-bond acceptors (Lipinski definition) is 5. The Morgan fingerprint density at radius 3 is 2.79 bits per heavy atom. The van der Waals surface area contributed by atoms with Gasteiger partial charge in [-0.1, -0.05) is 18.9 Å². The molecule has 2 aromatic rings. The van der Waals surface area contributed by atoms with Crippen LogP contribution in [-0.2, 0) is 0 Å². The predicted octanol–water partition coefficient (Wildman–Crippen LogP) is 3.69. The van der Waals surface area contributed by atoms with Gasteiger partial charge in [0.1, 0.15) is 11.9 Å². The zero-order valence-corrected chi connectivity index (χ0v) is 13.9. The molecule has 1 heterocycles. The number of nitriles is 1. The van der Waals surface area contributed by atoms with Gasteiger partial charge in [0.05, 0.1) is 11.3 Å². The van der Waals surface area contributed by atoms with Crippen molar-refractivity contribution in [1.82, 2.24) is 4.98 Å². The SMILES string of the molecule is Cc1cccc(Nc2cc(N[C@@H]3CCCC[C@@H]3N)ccc2C#N)n1. The number of nitrogens with two attached hydrogens (primary N) is 1. The summed E-state index contributed by atoms with van der Waals surface area (Å²) in [5, 5.41) is 16.1. The normalized spacial score (nSPS) is 20.2. The molecule has 0 unspecified atom stereocenters. The van der Waals surface area contributed by atoms with Crippen LogP contribution in [0, 0.1) is 18.3 Å². The summed E-state index contributed by atoms with van der Waals surface area (Å²) in [6.07, 6.45) is 4.56. The summed E-state index contributed by atoms with van der Waals surface area (Å²) < 4.78 is 0. The third-order valence-corrected chi connectivity index (χ3v) is 4.46. The van der Waals surface area contributed by atoms with E-state index in [0.29, 0.717) is 5.56 Å². The van der Waals surface area contributed by atoms with Gasteiger partial charge in [-0.2, -0.15) is 5.26 Å². The molecular weight excluding hydrogens is 298 g/mol. The van der Waals surface area contributed by atoms with Crippen molar-refractivity contribution in [3.8, 4) is 6.07 Å². The number of hydrogen-bond donors (Lipinski definition) is 3. The van der Waals surface area contributed by atoms with Crippen molar-refractivity contribution in [1.29, 1.82) is 5.26 Å². The molecule has 1 fully saturated rings. The van der Waals surface area contributed by atoms with Crippen LogP contribution < -0.4 is 16.4 Å². The Morgan fingerprint density at radius 2 is 2.04 bits per heavy atom. The average Bonchev–Trinajstić information content (AvgIpc) is 2.57. The molecule has 5 heteroatoms. The van der Waals surface area contributed by atoms with Gasteiger partial charge in [0, 0.05) is 23.5 Å². The molecule has 1 aliphatic carbocycles. The number of aromatic nitrogens is 1. The van der Waals surface area contributed by atoms with E-state index in [0.717, 1.165) is 35.7 Å². The first-order valence-electron chi connectivity index (χ1n) is 8.42. The van der Waals surface area contributed by atoms with Crippen LogP contribution in [-0.4, -0.2) is 17.1 Å². The van der Waals surface area contributed by atoms with Gasteiger partial charge in [-0.15, -0.1) is 0 Å². The first kappa shape index (κ1) is 16.3. The highest BCUT2D eigenvalue weighted by Gasteiger charge is 2.21. The first-order valence-corrected chi connectivity index (χ1v) is 8.42. The van der Waals surface area contributed by atoms with Gasteiger partial charge in [-0.25, -0.2) is 4.98 Å². The smallest absolute Gasteiger partial charge is 0.130 e. The molecule has 1 saturated carbocycles. The van der Waals surface area contributed by atoms with Crippen LogP contribution in [0.25, 0.3) is 0 Å². The van der Waals surface area contributed by atoms with Crippen molar-refractivity contribution >= 4 is 17.2 Å². The molecule has 0 spiro atoms. The quantitative estimate of drug-likeness (QED) is 0.799. The Bertz CT molecular complexity index is 750. The van der Waals surface area contributed by atoms with Crippen molar-refractivity contribution < 1.29 is 0 Å². The van der Waals surface area contributed by atoms with Gasteiger partial charge in [0.2, 0.25) is 0 Å². The first-order chi connectivity index (χ1) is 11.7. The molecule has 124 valence electrons. The fraction of sp³-hybridized carbons (Fsp3) is 0.368. The van der Waals surface area contributed by atoms with Gasteiger partial charge in [0.25, 0.3) is 0 Å². The molecular formula is C19H23N5. The number of rotatable bonds is 4. The Kier molecular flexibility index (Phi) is 4.97. The fourth-order valence-electron chi connectivity index (χ4n) is 3.14. The summed E-state index contributed by atoms with van der Waals surface area (Å²) in [7, 11) is 0. The van der Waals surface area contributed by atoms with Gasteiger partial charge < -0.3 is 16.4 Å². The van der Waals surface area contributed by atoms with Crippen LogP contribution in [0.1, 0.15) is 36.9 Å². The lowest BCUT2D eigenvalue weighted by Gasteiger charge is -2.30. The number of benzene rings is 1. The number of pyridine rings is 1. The molecule has 0 amide bonds. The Balaban J connectivity index is 1.81. The van der Waals surface area contributed by atoms with E-state index in [2.05, 4.69) is 21.7 Å². The second-order valence-electron chi connectivity index (χ2n) is 6.36. The zero-order valence-electron chi connectivity index (χ0n) is 13.9. The van der Waals surface area contributed by atoms with Crippen LogP contribution in [0.4, 0.5) is 17.2 Å². The van der Waals surface area contributed by atoms with E-state index in [1.165, 1.54) is 12.8 Å². The van der Waals surface area contributed by atoms with Crippen LogP contribution in [0.3, 0.4) is 0 Å². The van der Waals surface area contributed by atoms with E-state index in [-0.39, 0.29) is 12.1 Å². The van der Waals surface area contributed by atoms with E-state index < -0.39 is 0 Å². The second kappa shape index (κ2) is 7.33. The predicted molar refractivity (Wildman–Crippen MR) is 97.3 cm³/mol. The van der Waals surface area contributed by atoms with E-state index >= 15 is 0 Å². The summed E-state index contributed by atoms with van der Waals surface area (Å²) >= 11 is 0. The van der Waals surface area contributed by atoms with Crippen LogP contribution in [0.2, 0.25) is 0 Å². The standard InChI is InChI=1S/C19H23N5/c1-13-5-4-8-19(22-13)24-18-11-15(10-9-14(18)12-20)23-17-7-3-2-6-16(17)21/h4-5,8-11,16-17,23H,2-3,6-7,21H2,1H3,(H,22,24)/t16-,17+/m0/s1. The van der Waals surface area contributed by atoms with Crippen LogP contribution in [0.15, 0.2) is 36.4 Å². The van der Waals surface area contributed by atoms with E-state index in [9.17, 15) is 5.26 Å². The van der Waals surface area contributed by atoms with Crippen molar-refractivity contribution in [2.24, 2.45) is 5.73 Å². The number of nitrogens with one attached hydrogen (secondary N) is 2. The fourth-order valence-corrected chi connectivity index (χ4v) is 3.14. The largest absolute Gasteiger partial charge is 0.381 e. The molecule has 4 N–H and O–H groups in total. The van der Waals surface area contributed by atoms with E-state index in [1.54, 1.807) is 0 Å². The number of aryl methyl sites for hydroxylation is 1. The summed E-state index contributed by atoms with van der Waals surface area (Å²) in [5.74, 6) is 0.734. The molecule has 0 bridgehead atoms. The van der Waals surface area contributed by atoms with Gasteiger partial charge >= 0.3 is 0 Å². The molecule has 2 atom stereocenters. The highest BCUT2D eigenvalue weighted by molar-refractivity contribution is 5.70. The van der Waals surface area contributed by atoms with Crippen molar-refractivity contribution in [2.45, 2.75) is 44.7 Å². The van der Waals surface area contributed by atoms with Gasteiger partial charge in [-0.3, -0.25) is 0 Å². The Labute approximate surface area is 142 Å². The lowest BCUT2D eigenvalue weighted by atomic mass is 9.91. The molecule has 3 rings (SSSR count). The maximum atomic E-state index is 9.35. The molecule has 0 saturated heterocycles. The minimum absolute atomic E-state index is 0.184. The summed E-state index contributed by atoms with van der Waals surface area (Å²) in [5.41, 5.74) is 9.48. The van der Waals surface area contributed by atoms with Crippen molar-refractivity contribution in [3.63, 3.8) is 0 Å². The number of nitrogens with zero attached hydrogens (tertiary/aromatic N) is 2. The van der Waals surface area contributed by atoms with Crippen molar-refractivity contribution in [3.05, 3.63) is 47.7 Å². The third-order valence-electron chi connectivity index (χ3n) is 4.46. The van der Waals surface area contributed by atoms with E-state index in [1.807, 2.05) is 43.3 Å². The second-order valence-corrected chi connectivity index (χ2v) is 6.36. The molecule has 5 nitrogen and oxygen atoms in total. The molecule has 1 aromatic carbocycles. The minimum Gasteiger partial charge on any atom is -0.381 e. The minimum atomic E-state index is 0.184. The molecule has 24 heavy (non-hydrogen) atoms. The topological polar surface area (TPSA) is 86.8 Å². The highest BCUT2D eigenvalue weighted by atomic mass is 15.0. The Hall–Kier alpha value is -2.58. The van der Waals surface area contributed by atoms with Crippen LogP contribution in [0.5, 0.6) is 0 Å². The summed E-state index contributed by atoms with van der Waals surface area (Å²) in [6.45, 7) is 1.94. The number of anilines is 3. The lowest BCUT2D eigenvalue weighted by molar-refractivity contribution is 0.404. The summed E-state index contributed by atoms with van der Waals surface area (Å²) in [6, 6.07) is 14.2. The zero-order chi connectivity index (χ0) is 16.9. The molecule has 1 aromatic heterocycles. The van der Waals surface area contributed by atoms with Gasteiger partial charge in [-0.05, 0) is 50.1 Å². The molecule has 0 radical (unpaired) electrons. The molecule has 0 aliphatic heterocycles.